The molecule has 0 aliphatic heterocycles. The third kappa shape index (κ3) is 2.45. The molecule has 1 aliphatic carbocycles. The van der Waals surface area contributed by atoms with Crippen molar-refractivity contribution in [2.24, 2.45) is 0 Å². The summed E-state index contributed by atoms with van der Waals surface area (Å²) in [4.78, 5) is 0.322. The van der Waals surface area contributed by atoms with Crippen LogP contribution in [0.25, 0.3) is 0 Å². The quantitative estimate of drug-likeness (QED) is 0.835. The SMILES string of the molecule is CCS(=O)(=O)c1ccccc1NC1(CO)CC1. The molecular weight excluding hydrogens is 238 g/mol. The number of para-hydroxylation sites is 1. The first-order valence-electron chi connectivity index (χ1n) is 5.74. The number of aliphatic hydroxyl groups excluding tert-OH is 1. The van der Waals surface area contributed by atoms with Crippen LogP contribution in [0, 0.1) is 0 Å². The summed E-state index contributed by atoms with van der Waals surface area (Å²) in [7, 11) is -3.23. The minimum atomic E-state index is -3.23. The molecule has 0 spiro atoms. The average Bonchev–Trinajstić information content (AvgIpc) is 3.10. The van der Waals surface area contributed by atoms with Crippen LogP contribution in [0.1, 0.15) is 19.8 Å². The highest BCUT2D eigenvalue weighted by Crippen LogP contribution is 2.39. The molecule has 0 atom stereocenters. The van der Waals surface area contributed by atoms with Crippen molar-refractivity contribution in [3.05, 3.63) is 24.3 Å². The third-order valence-corrected chi connectivity index (χ3v) is 4.94. The Labute approximate surface area is 102 Å². The maximum absolute atomic E-state index is 11.9. The van der Waals surface area contributed by atoms with Gasteiger partial charge in [0.2, 0.25) is 0 Å². The van der Waals surface area contributed by atoms with Crippen LogP contribution in [0.15, 0.2) is 29.2 Å². The monoisotopic (exact) mass is 255 g/mol. The Hall–Kier alpha value is -1.07. The zero-order valence-corrected chi connectivity index (χ0v) is 10.6. The second-order valence-electron chi connectivity index (χ2n) is 4.46. The fraction of sp³-hybridized carbons (Fsp3) is 0.500. The lowest BCUT2D eigenvalue weighted by Crippen LogP contribution is -2.26. The lowest BCUT2D eigenvalue weighted by Gasteiger charge is -2.18. The fourth-order valence-corrected chi connectivity index (χ4v) is 2.81. The van der Waals surface area contributed by atoms with E-state index in [2.05, 4.69) is 5.32 Å². The van der Waals surface area contributed by atoms with Gasteiger partial charge >= 0.3 is 0 Å². The van der Waals surface area contributed by atoms with E-state index in [0.29, 0.717) is 10.6 Å². The van der Waals surface area contributed by atoms with Crippen LogP contribution in [0.4, 0.5) is 5.69 Å². The Kier molecular flexibility index (Phi) is 3.14. The number of anilines is 1. The van der Waals surface area contributed by atoms with Crippen LogP contribution < -0.4 is 5.32 Å². The van der Waals surface area contributed by atoms with E-state index in [1.807, 2.05) is 0 Å². The Balaban J connectivity index is 2.35. The van der Waals surface area contributed by atoms with Crippen LogP contribution in [0.5, 0.6) is 0 Å². The van der Waals surface area contributed by atoms with Gasteiger partial charge in [-0.15, -0.1) is 0 Å². The van der Waals surface area contributed by atoms with Crippen LogP contribution in [0.3, 0.4) is 0 Å². The number of aliphatic hydroxyl groups is 1. The minimum absolute atomic E-state index is 0.0352. The van der Waals surface area contributed by atoms with Gasteiger partial charge in [-0.2, -0.15) is 0 Å². The third-order valence-electron chi connectivity index (χ3n) is 3.16. The van der Waals surface area contributed by atoms with Crippen molar-refractivity contribution >= 4 is 15.5 Å². The minimum Gasteiger partial charge on any atom is -0.394 e. The van der Waals surface area contributed by atoms with E-state index in [-0.39, 0.29) is 17.9 Å². The smallest absolute Gasteiger partial charge is 0.180 e. The maximum Gasteiger partial charge on any atom is 0.180 e. The van der Waals surface area contributed by atoms with Gasteiger partial charge in [0.05, 0.1) is 28.5 Å². The first kappa shape index (κ1) is 12.4. The largest absolute Gasteiger partial charge is 0.394 e. The first-order valence-corrected chi connectivity index (χ1v) is 7.39. The molecule has 0 aromatic heterocycles. The van der Waals surface area contributed by atoms with Crippen molar-refractivity contribution in [1.29, 1.82) is 0 Å². The molecule has 2 rings (SSSR count). The second kappa shape index (κ2) is 4.31. The molecule has 1 fully saturated rings. The van der Waals surface area contributed by atoms with Crippen LogP contribution in [0.2, 0.25) is 0 Å². The summed E-state index contributed by atoms with van der Waals surface area (Å²) in [5.41, 5.74) is 0.292. The van der Waals surface area contributed by atoms with E-state index in [9.17, 15) is 13.5 Å². The predicted molar refractivity (Wildman–Crippen MR) is 66.8 cm³/mol. The highest BCUT2D eigenvalue weighted by molar-refractivity contribution is 7.91. The standard InChI is InChI=1S/C12H17NO3S/c1-2-17(15,16)11-6-4-3-5-10(11)13-12(9-14)7-8-12/h3-6,13-14H,2,7-9H2,1H3. The molecule has 1 aromatic rings. The molecule has 0 radical (unpaired) electrons. The summed E-state index contributed by atoms with van der Waals surface area (Å²) < 4.78 is 23.8. The van der Waals surface area contributed by atoms with Crippen molar-refractivity contribution in [1.82, 2.24) is 0 Å². The van der Waals surface area contributed by atoms with E-state index in [1.54, 1.807) is 31.2 Å². The zero-order valence-electron chi connectivity index (χ0n) is 9.81. The van der Waals surface area contributed by atoms with Crippen LogP contribution in [-0.2, 0) is 9.84 Å². The van der Waals surface area contributed by atoms with Crippen LogP contribution >= 0.6 is 0 Å². The average molecular weight is 255 g/mol. The Bertz CT molecular complexity index is 506. The van der Waals surface area contributed by atoms with Crippen molar-refractivity contribution in [2.75, 3.05) is 17.7 Å². The van der Waals surface area contributed by atoms with Gasteiger partial charge in [0.25, 0.3) is 0 Å². The van der Waals surface area contributed by atoms with E-state index in [4.69, 9.17) is 0 Å². The molecule has 1 saturated carbocycles. The first-order chi connectivity index (χ1) is 8.03. The van der Waals surface area contributed by atoms with Gasteiger partial charge in [-0.05, 0) is 25.0 Å². The van der Waals surface area contributed by atoms with E-state index in [0.717, 1.165) is 12.8 Å². The van der Waals surface area contributed by atoms with Gasteiger partial charge in [0.1, 0.15) is 0 Å². The number of hydrogen-bond acceptors (Lipinski definition) is 4. The van der Waals surface area contributed by atoms with Gasteiger partial charge in [0.15, 0.2) is 9.84 Å². The molecule has 4 nitrogen and oxygen atoms in total. The molecule has 0 bridgehead atoms. The van der Waals surface area contributed by atoms with Crippen molar-refractivity contribution in [2.45, 2.75) is 30.2 Å². The Morgan fingerprint density at radius 2 is 2.00 bits per heavy atom. The molecule has 2 N–H and O–H groups in total. The van der Waals surface area contributed by atoms with Gasteiger partial charge in [-0.3, -0.25) is 0 Å². The summed E-state index contributed by atoms with van der Waals surface area (Å²) in [6, 6.07) is 6.86. The topological polar surface area (TPSA) is 66.4 Å². The van der Waals surface area contributed by atoms with E-state index < -0.39 is 9.84 Å². The van der Waals surface area contributed by atoms with Gasteiger partial charge < -0.3 is 10.4 Å². The summed E-state index contributed by atoms with van der Waals surface area (Å²) in [5.74, 6) is 0.0812. The number of benzene rings is 1. The second-order valence-corrected chi connectivity index (χ2v) is 6.71. The number of hydrogen-bond donors (Lipinski definition) is 2. The Morgan fingerprint density at radius 3 is 2.53 bits per heavy atom. The van der Waals surface area contributed by atoms with E-state index in [1.165, 1.54) is 0 Å². The number of nitrogens with one attached hydrogen (secondary N) is 1. The van der Waals surface area contributed by atoms with Gasteiger partial charge in [0, 0.05) is 0 Å². The summed E-state index contributed by atoms with van der Waals surface area (Å²) in [6.07, 6.45) is 1.76. The summed E-state index contributed by atoms with van der Waals surface area (Å²) in [6.45, 7) is 1.67. The predicted octanol–water partition coefficient (Wildman–Crippen LogP) is 1.42. The Morgan fingerprint density at radius 1 is 1.35 bits per heavy atom. The lowest BCUT2D eigenvalue weighted by molar-refractivity contribution is 0.266. The normalized spacial score (nSPS) is 17.8. The molecule has 5 heteroatoms. The molecule has 0 saturated heterocycles. The van der Waals surface area contributed by atoms with Gasteiger partial charge in [-0.25, -0.2) is 8.42 Å². The summed E-state index contributed by atoms with van der Waals surface area (Å²) in [5, 5.41) is 12.4. The highest BCUT2D eigenvalue weighted by Gasteiger charge is 2.42. The van der Waals surface area contributed by atoms with Crippen molar-refractivity contribution in [3.8, 4) is 0 Å². The number of sulfone groups is 1. The van der Waals surface area contributed by atoms with Crippen molar-refractivity contribution in [3.63, 3.8) is 0 Å². The fourth-order valence-electron chi connectivity index (χ4n) is 1.76. The zero-order chi connectivity index (χ0) is 12.5. The lowest BCUT2D eigenvalue weighted by atomic mass is 10.2. The van der Waals surface area contributed by atoms with E-state index >= 15 is 0 Å². The highest BCUT2D eigenvalue weighted by atomic mass is 32.2. The molecule has 1 aromatic carbocycles. The number of rotatable bonds is 5. The maximum atomic E-state index is 11.9. The van der Waals surface area contributed by atoms with Crippen LogP contribution in [-0.4, -0.2) is 31.4 Å². The molecule has 0 unspecified atom stereocenters. The molecule has 1 aliphatic rings. The molecule has 0 heterocycles. The molecule has 17 heavy (non-hydrogen) atoms. The molecule has 94 valence electrons. The summed E-state index contributed by atoms with van der Waals surface area (Å²) >= 11 is 0. The van der Waals surface area contributed by atoms with Gasteiger partial charge in [-0.1, -0.05) is 19.1 Å². The van der Waals surface area contributed by atoms with Crippen molar-refractivity contribution < 1.29 is 13.5 Å². The molecule has 0 amide bonds. The molecular formula is C12H17NO3S.